The number of rotatable bonds is 9. The van der Waals surface area contributed by atoms with Gasteiger partial charge in [0.25, 0.3) is 5.92 Å². The van der Waals surface area contributed by atoms with Crippen LogP contribution in [0.4, 0.5) is 35.1 Å². The van der Waals surface area contributed by atoms with Crippen LogP contribution in [0.25, 0.3) is 0 Å². The number of carboxylic acid groups (broad SMARTS) is 1. The van der Waals surface area contributed by atoms with E-state index in [0.29, 0.717) is 23.5 Å². The lowest BCUT2D eigenvalue weighted by Gasteiger charge is -2.51. The van der Waals surface area contributed by atoms with Gasteiger partial charge in [-0.2, -0.15) is 26.3 Å². The summed E-state index contributed by atoms with van der Waals surface area (Å²) in [7, 11) is 0. The van der Waals surface area contributed by atoms with E-state index in [9.17, 15) is 36.2 Å². The van der Waals surface area contributed by atoms with Gasteiger partial charge >= 0.3 is 18.3 Å². The molecule has 0 spiro atoms. The summed E-state index contributed by atoms with van der Waals surface area (Å²) in [5, 5.41) is 20.5. The van der Waals surface area contributed by atoms with Crippen molar-refractivity contribution < 1.29 is 50.1 Å². The highest BCUT2D eigenvalue weighted by Gasteiger charge is 2.64. The fourth-order valence-electron chi connectivity index (χ4n) is 4.58. The van der Waals surface area contributed by atoms with Crippen molar-refractivity contribution in [1.29, 1.82) is 0 Å². The van der Waals surface area contributed by atoms with Crippen LogP contribution < -0.4 is 0 Å². The Bertz CT molecular complexity index is 929. The van der Waals surface area contributed by atoms with Crippen molar-refractivity contribution in [2.24, 2.45) is 11.3 Å². The van der Waals surface area contributed by atoms with Gasteiger partial charge in [0.2, 0.25) is 5.72 Å². The Labute approximate surface area is 204 Å². The van der Waals surface area contributed by atoms with Crippen LogP contribution in [0.15, 0.2) is 18.2 Å². The van der Waals surface area contributed by atoms with Crippen LogP contribution in [0, 0.1) is 11.3 Å². The third kappa shape index (κ3) is 6.67. The number of carboxylic acids is 1. The van der Waals surface area contributed by atoms with Crippen molar-refractivity contribution in [3.63, 3.8) is 0 Å². The lowest BCUT2D eigenvalue weighted by Crippen LogP contribution is -2.65. The summed E-state index contributed by atoms with van der Waals surface area (Å²) in [6.45, 7) is 4.14. The molecule has 1 aliphatic heterocycles. The summed E-state index contributed by atoms with van der Waals surface area (Å²) in [5.41, 5.74) is -5.99. The molecule has 4 nitrogen and oxygen atoms in total. The highest BCUT2D eigenvalue weighted by Crippen LogP contribution is 2.52. The number of likely N-dealkylation sites (tertiary alicyclic amines) is 1. The first-order chi connectivity index (χ1) is 16.2. The molecule has 1 saturated heterocycles. The molecule has 2 rings (SSSR count). The minimum Gasteiger partial charge on any atom is -0.481 e. The Morgan fingerprint density at radius 3 is 2.25 bits per heavy atom. The molecule has 206 valence electrons. The van der Waals surface area contributed by atoms with E-state index in [4.69, 9.17) is 5.11 Å². The maximum atomic E-state index is 15.7. The summed E-state index contributed by atoms with van der Waals surface area (Å²) >= 11 is 0. The van der Waals surface area contributed by atoms with Gasteiger partial charge in [-0.25, -0.2) is 8.78 Å². The van der Waals surface area contributed by atoms with Crippen LogP contribution in [0.5, 0.6) is 0 Å². The lowest BCUT2D eigenvalue weighted by atomic mass is 9.76. The molecular weight excluding hydrogens is 502 g/mol. The van der Waals surface area contributed by atoms with E-state index in [2.05, 4.69) is 0 Å². The standard InChI is InChI=1S/C24H31F8NO3/c1-4-20(2,3)14-15-12-17(6-7-18(15)24(30,31)32)23(36)22(28,29)16(13-19(34)35)8-11-33(23)10-5-9-21(25,26)27/h6-7,12,16,36H,4-5,8-11,13-14H2,1-3H3,(H,34,35)/t16-,23-/m0/s1. The minimum atomic E-state index is -4.81. The highest BCUT2D eigenvalue weighted by atomic mass is 19.4. The van der Waals surface area contributed by atoms with Crippen LogP contribution >= 0.6 is 0 Å². The normalized spacial score (nSPS) is 23.6. The predicted octanol–water partition coefficient (Wildman–Crippen LogP) is 6.60. The van der Waals surface area contributed by atoms with Crippen molar-refractivity contribution in [3.8, 4) is 0 Å². The van der Waals surface area contributed by atoms with Gasteiger partial charge in [0.15, 0.2) is 0 Å². The maximum Gasteiger partial charge on any atom is 0.416 e. The Kier molecular flexibility index (Phi) is 8.77. The average Bonchev–Trinajstić information content (AvgIpc) is 2.71. The molecular formula is C24H31F8NO3. The van der Waals surface area contributed by atoms with Gasteiger partial charge in [0, 0.05) is 31.0 Å². The number of nitrogens with zero attached hydrogens (tertiary/aromatic N) is 1. The predicted molar refractivity (Wildman–Crippen MR) is 115 cm³/mol. The average molecular weight is 534 g/mol. The zero-order valence-electron chi connectivity index (χ0n) is 20.2. The van der Waals surface area contributed by atoms with Crippen molar-refractivity contribution in [3.05, 3.63) is 34.9 Å². The van der Waals surface area contributed by atoms with Crippen molar-refractivity contribution in [1.82, 2.24) is 4.90 Å². The molecule has 0 aliphatic carbocycles. The number of piperidine rings is 1. The summed E-state index contributed by atoms with van der Waals surface area (Å²) in [6, 6.07) is 2.10. The van der Waals surface area contributed by atoms with E-state index < -0.39 is 84.7 Å². The zero-order valence-corrected chi connectivity index (χ0v) is 20.2. The first-order valence-electron chi connectivity index (χ1n) is 11.6. The van der Waals surface area contributed by atoms with Gasteiger partial charge < -0.3 is 10.2 Å². The molecule has 0 saturated carbocycles. The number of hydrogen-bond acceptors (Lipinski definition) is 3. The van der Waals surface area contributed by atoms with Gasteiger partial charge in [-0.05, 0) is 36.3 Å². The maximum absolute atomic E-state index is 15.7. The first-order valence-corrected chi connectivity index (χ1v) is 11.6. The monoisotopic (exact) mass is 533 g/mol. The van der Waals surface area contributed by atoms with Crippen LogP contribution in [0.3, 0.4) is 0 Å². The topological polar surface area (TPSA) is 60.8 Å². The molecule has 0 aromatic heterocycles. The third-order valence-corrected chi connectivity index (χ3v) is 6.93. The molecule has 1 aliphatic rings. The van der Waals surface area contributed by atoms with E-state index in [1.807, 2.05) is 0 Å². The second-order valence-electron chi connectivity index (χ2n) is 10.1. The molecule has 2 N–H and O–H groups in total. The molecule has 0 unspecified atom stereocenters. The molecule has 1 aromatic carbocycles. The molecule has 1 aromatic rings. The van der Waals surface area contributed by atoms with Crippen LogP contribution in [-0.2, 0) is 23.1 Å². The molecule has 12 heteroatoms. The van der Waals surface area contributed by atoms with E-state index >= 15 is 8.78 Å². The van der Waals surface area contributed by atoms with Gasteiger partial charge in [0.1, 0.15) is 0 Å². The molecule has 0 bridgehead atoms. The van der Waals surface area contributed by atoms with E-state index in [-0.39, 0.29) is 18.5 Å². The first kappa shape index (κ1) is 30.3. The number of benzene rings is 1. The smallest absolute Gasteiger partial charge is 0.416 e. The van der Waals surface area contributed by atoms with Crippen molar-refractivity contribution in [2.45, 2.75) is 83.3 Å². The van der Waals surface area contributed by atoms with E-state index in [1.165, 1.54) is 0 Å². The highest BCUT2D eigenvalue weighted by molar-refractivity contribution is 5.67. The largest absolute Gasteiger partial charge is 0.481 e. The summed E-state index contributed by atoms with van der Waals surface area (Å²) < 4.78 is 111. The number of hydrogen-bond donors (Lipinski definition) is 2. The molecule has 1 heterocycles. The van der Waals surface area contributed by atoms with Gasteiger partial charge in [-0.1, -0.05) is 39.3 Å². The zero-order chi connectivity index (χ0) is 27.7. The summed E-state index contributed by atoms with van der Waals surface area (Å²) in [5.74, 6) is -7.62. The molecule has 2 atom stereocenters. The van der Waals surface area contributed by atoms with Gasteiger partial charge in [-0.3, -0.25) is 9.69 Å². The van der Waals surface area contributed by atoms with Gasteiger partial charge in [-0.15, -0.1) is 0 Å². The summed E-state index contributed by atoms with van der Waals surface area (Å²) in [4.78, 5) is 11.9. The fourth-order valence-corrected chi connectivity index (χ4v) is 4.58. The minimum absolute atomic E-state index is 0.166. The van der Waals surface area contributed by atoms with Crippen molar-refractivity contribution >= 4 is 5.97 Å². The molecule has 1 fully saturated rings. The van der Waals surface area contributed by atoms with Crippen LogP contribution in [0.2, 0.25) is 0 Å². The SMILES string of the molecule is CCC(C)(C)Cc1cc([C@@]2(O)N(CCCC(F)(F)F)CC[C@@H](CC(=O)O)C2(F)F)ccc1C(F)(F)F. The second-order valence-corrected chi connectivity index (χ2v) is 10.1. The quantitative estimate of drug-likeness (QED) is 0.351. The Balaban J connectivity index is 2.65. The molecule has 0 radical (unpaired) electrons. The summed E-state index contributed by atoms with van der Waals surface area (Å²) in [6.07, 6.45) is -12.5. The number of alkyl halides is 8. The Morgan fingerprint density at radius 1 is 1.14 bits per heavy atom. The Morgan fingerprint density at radius 2 is 1.75 bits per heavy atom. The van der Waals surface area contributed by atoms with E-state index in [0.717, 1.165) is 6.07 Å². The number of halogens is 8. The Hall–Kier alpha value is -1.95. The lowest BCUT2D eigenvalue weighted by molar-refractivity contribution is -0.308. The van der Waals surface area contributed by atoms with Crippen molar-refractivity contribution in [2.75, 3.05) is 13.1 Å². The van der Waals surface area contributed by atoms with E-state index in [1.54, 1.807) is 20.8 Å². The number of aliphatic hydroxyl groups is 1. The fraction of sp³-hybridized carbons (Fsp3) is 0.708. The second kappa shape index (κ2) is 10.4. The molecule has 36 heavy (non-hydrogen) atoms. The number of carbonyl (C=O) groups is 1. The van der Waals surface area contributed by atoms with Gasteiger partial charge in [0.05, 0.1) is 12.0 Å². The third-order valence-electron chi connectivity index (χ3n) is 6.93. The number of aliphatic carboxylic acids is 1. The van der Waals surface area contributed by atoms with Crippen LogP contribution in [-0.4, -0.2) is 46.3 Å². The van der Waals surface area contributed by atoms with Crippen LogP contribution in [0.1, 0.15) is 69.6 Å². The molecule has 0 amide bonds.